The summed E-state index contributed by atoms with van der Waals surface area (Å²) in [4.78, 5) is 1.64. The zero-order chi connectivity index (χ0) is 11.5. The summed E-state index contributed by atoms with van der Waals surface area (Å²) < 4.78 is 31.2. The molecule has 0 saturated heterocycles. The van der Waals surface area contributed by atoms with E-state index in [2.05, 4.69) is 12.8 Å². The fourth-order valence-corrected chi connectivity index (χ4v) is 2.31. The quantitative estimate of drug-likeness (QED) is 0.583. The Morgan fingerprint density at radius 3 is 2.93 bits per heavy atom. The second kappa shape index (κ2) is 4.57. The Labute approximate surface area is 90.3 Å². The van der Waals surface area contributed by atoms with E-state index >= 15 is 0 Å². The van der Waals surface area contributed by atoms with E-state index in [1.807, 2.05) is 0 Å². The molecule has 1 N–H and O–H groups in total. The first-order valence-corrected chi connectivity index (χ1v) is 6.15. The Morgan fingerprint density at radius 2 is 2.47 bits per heavy atom. The van der Waals surface area contributed by atoms with Gasteiger partial charge in [0.1, 0.15) is 11.4 Å². The topological polar surface area (TPSA) is 57.6 Å². The van der Waals surface area contributed by atoms with Gasteiger partial charge in [-0.15, -0.1) is 0 Å². The van der Waals surface area contributed by atoms with E-state index in [1.54, 1.807) is 30.2 Å². The van der Waals surface area contributed by atoms with Crippen molar-refractivity contribution in [3.63, 3.8) is 0 Å². The summed E-state index contributed by atoms with van der Waals surface area (Å²) in [5.74, 6) is 0. The molecule has 1 heterocycles. The number of allylic oxidation sites excluding steroid dienone is 1. The van der Waals surface area contributed by atoms with Crippen LogP contribution in [0.5, 0.6) is 0 Å². The summed E-state index contributed by atoms with van der Waals surface area (Å²) in [6.07, 6.45) is 8.21. The fourth-order valence-electron chi connectivity index (χ4n) is 1.43. The fraction of sp³-hybridized carbons (Fsp3) is 0.400. The minimum atomic E-state index is -4.06. The third kappa shape index (κ3) is 2.89. The van der Waals surface area contributed by atoms with E-state index in [0.717, 1.165) is 0 Å². The molecule has 5 heteroatoms. The lowest BCUT2D eigenvalue weighted by molar-refractivity contribution is 0.467. The molecule has 15 heavy (non-hydrogen) atoms. The number of hydrogen-bond acceptors (Lipinski definition) is 3. The minimum Gasteiger partial charge on any atom is -0.285 e. The van der Waals surface area contributed by atoms with Crippen LogP contribution in [0, 0.1) is 6.20 Å². The molecule has 0 aromatic rings. The molecule has 1 rings (SSSR count). The van der Waals surface area contributed by atoms with E-state index in [1.165, 1.54) is 0 Å². The summed E-state index contributed by atoms with van der Waals surface area (Å²) in [5, 5.41) is -0.906. The second-order valence-electron chi connectivity index (χ2n) is 3.22. The van der Waals surface area contributed by atoms with Gasteiger partial charge in [0, 0.05) is 6.08 Å². The molecule has 0 radical (unpaired) electrons. The molecule has 0 amide bonds. The average molecular weight is 228 g/mol. The van der Waals surface area contributed by atoms with Crippen LogP contribution in [-0.4, -0.2) is 29.7 Å². The third-order valence-corrected chi connectivity index (χ3v) is 3.48. The van der Waals surface area contributed by atoms with Crippen molar-refractivity contribution < 1.29 is 13.0 Å². The molecular weight excluding hydrogens is 214 g/mol. The molecule has 0 fully saturated rings. The van der Waals surface area contributed by atoms with E-state index in [-0.39, 0.29) is 0 Å². The van der Waals surface area contributed by atoms with Gasteiger partial charge in [-0.1, -0.05) is 6.92 Å². The number of nitrogens with zero attached hydrogens (tertiary/aromatic N) is 1. The highest BCUT2D eigenvalue weighted by Crippen LogP contribution is 2.19. The van der Waals surface area contributed by atoms with Crippen LogP contribution in [0.1, 0.15) is 13.3 Å². The summed E-state index contributed by atoms with van der Waals surface area (Å²) in [7, 11) is -4.06. The molecule has 0 aromatic heterocycles. The lowest BCUT2D eigenvalue weighted by Crippen LogP contribution is -2.25. The summed E-state index contributed by atoms with van der Waals surface area (Å²) >= 11 is 0. The lowest BCUT2D eigenvalue weighted by atomic mass is 10.1. The molecule has 82 valence electrons. The van der Waals surface area contributed by atoms with Crippen LogP contribution in [0.3, 0.4) is 0 Å². The summed E-state index contributed by atoms with van der Waals surface area (Å²) in [5.41, 5.74) is 0.464. The van der Waals surface area contributed by atoms with E-state index in [0.29, 0.717) is 18.5 Å². The maximum atomic E-state index is 11.1. The summed E-state index contributed by atoms with van der Waals surface area (Å²) in [6.45, 7) is 5.89. The maximum Gasteiger partial charge on any atom is 0.275 e. The molecule has 0 bridgehead atoms. The highest BCUT2D eigenvalue weighted by Gasteiger charge is 2.30. The van der Waals surface area contributed by atoms with Gasteiger partial charge in [-0.3, -0.25) is 4.55 Å². The Hall–Kier alpha value is -1.16. The smallest absolute Gasteiger partial charge is 0.275 e. The molecule has 0 aromatic carbocycles. The van der Waals surface area contributed by atoms with Crippen LogP contribution in [0.4, 0.5) is 0 Å². The normalized spacial score (nSPS) is 18.0. The largest absolute Gasteiger partial charge is 0.285 e. The van der Waals surface area contributed by atoms with Gasteiger partial charge in [0.05, 0.1) is 12.7 Å². The number of hydrogen-bond donors (Lipinski definition) is 1. The van der Waals surface area contributed by atoms with Crippen molar-refractivity contribution in [3.05, 3.63) is 36.7 Å². The average Bonchev–Trinajstić information content (AvgIpc) is 2.17. The van der Waals surface area contributed by atoms with Crippen molar-refractivity contribution >= 4 is 10.1 Å². The number of rotatable bonds is 4. The minimum absolute atomic E-state index is 0.316. The van der Waals surface area contributed by atoms with Gasteiger partial charge in [0.2, 0.25) is 0 Å². The zero-order valence-electron chi connectivity index (χ0n) is 8.55. The zero-order valence-corrected chi connectivity index (χ0v) is 9.37. The first kappa shape index (κ1) is 11.9. The lowest BCUT2D eigenvalue weighted by Gasteiger charge is -2.13. The molecule has 0 spiro atoms. The van der Waals surface area contributed by atoms with Crippen LogP contribution in [0.2, 0.25) is 0 Å². The Morgan fingerprint density at radius 1 is 1.80 bits per heavy atom. The first-order valence-electron chi connectivity index (χ1n) is 4.64. The second-order valence-corrected chi connectivity index (χ2v) is 4.82. The maximum absolute atomic E-state index is 11.1. The molecule has 1 aliphatic heterocycles. The molecule has 4 nitrogen and oxygen atoms in total. The van der Waals surface area contributed by atoms with E-state index in [9.17, 15) is 8.42 Å². The van der Waals surface area contributed by atoms with Crippen molar-refractivity contribution in [2.45, 2.75) is 18.6 Å². The van der Waals surface area contributed by atoms with Crippen LogP contribution < -0.4 is 0 Å². The van der Waals surface area contributed by atoms with Crippen LogP contribution >= 0.6 is 0 Å². The Kier molecular flexibility index (Phi) is 3.63. The SMILES string of the molecule is C=CN1[C+]=C(C(CC)S(=O)(=O)O)C=CC1. The van der Waals surface area contributed by atoms with Gasteiger partial charge in [0.25, 0.3) is 10.1 Å². The third-order valence-electron chi connectivity index (χ3n) is 2.17. The van der Waals surface area contributed by atoms with Gasteiger partial charge >= 0.3 is 0 Å². The Balaban J connectivity index is 3.00. The van der Waals surface area contributed by atoms with E-state index in [4.69, 9.17) is 4.55 Å². The van der Waals surface area contributed by atoms with Gasteiger partial charge in [0.15, 0.2) is 5.57 Å². The van der Waals surface area contributed by atoms with Gasteiger partial charge < -0.3 is 0 Å². The van der Waals surface area contributed by atoms with Crippen LogP contribution in [0.25, 0.3) is 0 Å². The van der Waals surface area contributed by atoms with Gasteiger partial charge in [-0.25, -0.2) is 4.90 Å². The van der Waals surface area contributed by atoms with Crippen LogP contribution in [0.15, 0.2) is 30.5 Å². The highest BCUT2D eigenvalue weighted by molar-refractivity contribution is 7.86. The molecular formula is C10H14NO3S+. The summed E-state index contributed by atoms with van der Waals surface area (Å²) in [6, 6.07) is 0. The predicted molar refractivity (Wildman–Crippen MR) is 58.4 cm³/mol. The molecule has 1 atom stereocenters. The van der Waals surface area contributed by atoms with Crippen LogP contribution in [-0.2, 0) is 10.1 Å². The molecule has 1 unspecified atom stereocenters. The van der Waals surface area contributed by atoms with Crippen molar-refractivity contribution in [2.24, 2.45) is 0 Å². The van der Waals surface area contributed by atoms with Gasteiger partial charge in [-0.05, 0) is 19.1 Å². The van der Waals surface area contributed by atoms with Crippen molar-refractivity contribution in [1.82, 2.24) is 4.90 Å². The monoisotopic (exact) mass is 228 g/mol. The van der Waals surface area contributed by atoms with E-state index < -0.39 is 15.4 Å². The predicted octanol–water partition coefficient (Wildman–Crippen LogP) is 1.36. The standard InChI is InChI=1S/C10H13NO3S/c1-3-10(15(12,13)14)9-6-5-7-11(4-2)8-9/h4-6,10H,2-3,7H2,1H3/p+1. The Bertz CT molecular complexity index is 395. The highest BCUT2D eigenvalue weighted by atomic mass is 32.2. The first-order chi connectivity index (χ1) is 6.99. The van der Waals surface area contributed by atoms with Crippen molar-refractivity contribution in [2.75, 3.05) is 6.54 Å². The van der Waals surface area contributed by atoms with Crippen molar-refractivity contribution in [1.29, 1.82) is 0 Å². The van der Waals surface area contributed by atoms with Gasteiger partial charge in [-0.2, -0.15) is 8.42 Å². The molecule has 0 aliphatic carbocycles. The van der Waals surface area contributed by atoms with Crippen molar-refractivity contribution in [3.8, 4) is 0 Å². The molecule has 0 saturated carbocycles. The molecule has 1 aliphatic rings.